The zero-order valence-electron chi connectivity index (χ0n) is 13.0. The van der Waals surface area contributed by atoms with E-state index < -0.39 is 0 Å². The van der Waals surface area contributed by atoms with Crippen molar-refractivity contribution in [2.24, 2.45) is 5.92 Å². The third kappa shape index (κ3) is 3.73. The number of hydrogen-bond acceptors (Lipinski definition) is 3. The molecule has 1 aliphatic heterocycles. The normalized spacial score (nSPS) is 19.5. The molecule has 1 N–H and O–H groups in total. The van der Waals surface area contributed by atoms with Crippen LogP contribution in [-0.2, 0) is 0 Å². The quantitative estimate of drug-likeness (QED) is 0.905. The maximum Gasteiger partial charge on any atom is 0.0400 e. The number of rotatable bonds is 5. The molecule has 0 spiro atoms. The van der Waals surface area contributed by atoms with E-state index in [0.717, 1.165) is 5.92 Å². The molecule has 0 saturated carbocycles. The summed E-state index contributed by atoms with van der Waals surface area (Å²) in [6.07, 6.45) is 6.32. The Morgan fingerprint density at radius 3 is 3.05 bits per heavy atom. The zero-order valence-corrected chi connectivity index (χ0v) is 13.0. The van der Waals surface area contributed by atoms with Crippen LogP contribution in [-0.4, -0.2) is 35.6 Å². The second-order valence-corrected chi connectivity index (χ2v) is 6.55. The summed E-state index contributed by atoms with van der Waals surface area (Å²) in [5.74, 6) is 0.797. The van der Waals surface area contributed by atoms with Crippen molar-refractivity contribution in [1.29, 1.82) is 0 Å². The average Bonchev–Trinajstić information content (AvgIpc) is 2.92. The molecule has 3 heteroatoms. The van der Waals surface area contributed by atoms with Crippen LogP contribution in [0.15, 0.2) is 36.7 Å². The minimum absolute atomic E-state index is 0.580. The summed E-state index contributed by atoms with van der Waals surface area (Å²) in [6, 6.07) is 9.20. The molecule has 2 aromatic rings. The van der Waals surface area contributed by atoms with Crippen molar-refractivity contribution < 1.29 is 0 Å². The van der Waals surface area contributed by atoms with Crippen molar-refractivity contribution in [2.45, 2.75) is 32.7 Å². The van der Waals surface area contributed by atoms with Crippen LogP contribution in [0.3, 0.4) is 0 Å². The average molecular weight is 283 g/mol. The molecular formula is C18H25N3. The number of fused-ring (bicyclic) bond motifs is 1. The number of aromatic nitrogens is 1. The Bertz CT molecular complexity index is 594. The summed E-state index contributed by atoms with van der Waals surface area (Å²) in [5.41, 5.74) is 1.23. The maximum atomic E-state index is 4.16. The van der Waals surface area contributed by atoms with Gasteiger partial charge in [-0.3, -0.25) is 4.98 Å². The van der Waals surface area contributed by atoms with Crippen molar-refractivity contribution >= 4 is 16.5 Å². The SMILES string of the molecule is CC(C)CCN1CC[C@@H](Nc2ccc3cnccc3c2)C1. The molecule has 0 bridgehead atoms. The van der Waals surface area contributed by atoms with Gasteiger partial charge in [0.05, 0.1) is 0 Å². The standard InChI is InChI=1S/C18H25N3/c1-14(2)6-9-21-10-7-18(13-21)20-17-4-3-16-12-19-8-5-15(16)11-17/h3-5,8,11-12,14,18,20H,6-7,9-10,13H2,1-2H3/t18-/m1/s1. The van der Waals surface area contributed by atoms with Gasteiger partial charge in [-0.2, -0.15) is 0 Å². The first-order valence-electron chi connectivity index (χ1n) is 8.03. The van der Waals surface area contributed by atoms with Crippen LogP contribution in [0.2, 0.25) is 0 Å². The van der Waals surface area contributed by atoms with Gasteiger partial charge in [0, 0.05) is 42.6 Å². The first-order valence-corrected chi connectivity index (χ1v) is 8.03. The lowest BCUT2D eigenvalue weighted by atomic mass is 10.1. The number of nitrogens with zero attached hydrogens (tertiary/aromatic N) is 2. The summed E-state index contributed by atoms with van der Waals surface area (Å²) in [6.45, 7) is 8.23. The molecule has 1 aromatic heterocycles. The molecule has 1 aliphatic rings. The van der Waals surface area contributed by atoms with Gasteiger partial charge in [-0.1, -0.05) is 19.9 Å². The predicted octanol–water partition coefficient (Wildman–Crippen LogP) is 3.77. The van der Waals surface area contributed by atoms with Crippen LogP contribution in [0.25, 0.3) is 10.8 Å². The van der Waals surface area contributed by atoms with Gasteiger partial charge in [-0.05, 0) is 48.9 Å². The molecule has 1 aromatic carbocycles. The largest absolute Gasteiger partial charge is 0.381 e. The van der Waals surface area contributed by atoms with E-state index in [1.165, 1.54) is 48.9 Å². The Labute approximate surface area is 127 Å². The summed E-state index contributed by atoms with van der Waals surface area (Å²) >= 11 is 0. The van der Waals surface area contributed by atoms with Gasteiger partial charge >= 0.3 is 0 Å². The molecule has 0 amide bonds. The van der Waals surface area contributed by atoms with E-state index in [4.69, 9.17) is 0 Å². The smallest absolute Gasteiger partial charge is 0.0400 e. The molecule has 0 unspecified atom stereocenters. The Morgan fingerprint density at radius 2 is 2.19 bits per heavy atom. The third-order valence-corrected chi connectivity index (χ3v) is 4.31. The molecular weight excluding hydrogens is 258 g/mol. The molecule has 112 valence electrons. The van der Waals surface area contributed by atoms with Crippen LogP contribution < -0.4 is 5.32 Å². The minimum Gasteiger partial charge on any atom is -0.381 e. The Morgan fingerprint density at radius 1 is 1.29 bits per heavy atom. The number of benzene rings is 1. The van der Waals surface area contributed by atoms with Gasteiger partial charge in [-0.25, -0.2) is 0 Å². The minimum atomic E-state index is 0.580. The zero-order chi connectivity index (χ0) is 14.7. The molecule has 21 heavy (non-hydrogen) atoms. The van der Waals surface area contributed by atoms with E-state index >= 15 is 0 Å². The number of likely N-dealkylation sites (tertiary alicyclic amines) is 1. The van der Waals surface area contributed by atoms with Crippen molar-refractivity contribution in [2.75, 3.05) is 25.0 Å². The van der Waals surface area contributed by atoms with Gasteiger partial charge < -0.3 is 10.2 Å². The molecule has 0 aliphatic carbocycles. The fourth-order valence-corrected chi connectivity index (χ4v) is 3.00. The Hall–Kier alpha value is -1.61. The van der Waals surface area contributed by atoms with Crippen molar-refractivity contribution in [3.8, 4) is 0 Å². The second kappa shape index (κ2) is 6.44. The first-order chi connectivity index (χ1) is 10.2. The van der Waals surface area contributed by atoms with Crippen molar-refractivity contribution in [1.82, 2.24) is 9.88 Å². The van der Waals surface area contributed by atoms with E-state index in [1.807, 2.05) is 12.4 Å². The van der Waals surface area contributed by atoms with Gasteiger partial charge in [-0.15, -0.1) is 0 Å². The highest BCUT2D eigenvalue weighted by Crippen LogP contribution is 2.21. The monoisotopic (exact) mass is 283 g/mol. The highest BCUT2D eigenvalue weighted by Gasteiger charge is 2.21. The van der Waals surface area contributed by atoms with E-state index in [2.05, 4.69) is 53.3 Å². The van der Waals surface area contributed by atoms with E-state index in [9.17, 15) is 0 Å². The highest BCUT2D eigenvalue weighted by atomic mass is 15.2. The lowest BCUT2D eigenvalue weighted by Gasteiger charge is -2.18. The van der Waals surface area contributed by atoms with Gasteiger partial charge in [0.15, 0.2) is 0 Å². The highest BCUT2D eigenvalue weighted by molar-refractivity contribution is 5.84. The number of hydrogen-bond donors (Lipinski definition) is 1. The molecule has 1 fully saturated rings. The summed E-state index contributed by atoms with van der Waals surface area (Å²) in [5, 5.41) is 6.14. The molecule has 0 radical (unpaired) electrons. The molecule has 3 rings (SSSR count). The van der Waals surface area contributed by atoms with Gasteiger partial charge in [0.25, 0.3) is 0 Å². The van der Waals surface area contributed by atoms with Crippen LogP contribution in [0.5, 0.6) is 0 Å². The second-order valence-electron chi connectivity index (χ2n) is 6.55. The van der Waals surface area contributed by atoms with Crippen LogP contribution in [0.1, 0.15) is 26.7 Å². The fourth-order valence-electron chi connectivity index (χ4n) is 3.00. The van der Waals surface area contributed by atoms with E-state index in [-0.39, 0.29) is 0 Å². The van der Waals surface area contributed by atoms with Gasteiger partial charge in [0.2, 0.25) is 0 Å². The Balaban J connectivity index is 1.58. The molecule has 3 nitrogen and oxygen atoms in total. The number of anilines is 1. The number of nitrogens with one attached hydrogen (secondary N) is 1. The van der Waals surface area contributed by atoms with Crippen LogP contribution in [0, 0.1) is 5.92 Å². The predicted molar refractivity (Wildman–Crippen MR) is 89.7 cm³/mol. The summed E-state index contributed by atoms with van der Waals surface area (Å²) in [7, 11) is 0. The van der Waals surface area contributed by atoms with Crippen LogP contribution in [0.4, 0.5) is 5.69 Å². The molecule has 1 atom stereocenters. The van der Waals surface area contributed by atoms with E-state index in [0.29, 0.717) is 6.04 Å². The number of pyridine rings is 1. The fraction of sp³-hybridized carbons (Fsp3) is 0.500. The lowest BCUT2D eigenvalue weighted by molar-refractivity contribution is 0.311. The van der Waals surface area contributed by atoms with E-state index in [1.54, 1.807) is 0 Å². The van der Waals surface area contributed by atoms with Crippen LogP contribution >= 0.6 is 0 Å². The lowest BCUT2D eigenvalue weighted by Crippen LogP contribution is -2.27. The summed E-state index contributed by atoms with van der Waals surface area (Å²) in [4.78, 5) is 6.75. The maximum absolute atomic E-state index is 4.16. The van der Waals surface area contributed by atoms with Crippen molar-refractivity contribution in [3.63, 3.8) is 0 Å². The topological polar surface area (TPSA) is 28.2 Å². The van der Waals surface area contributed by atoms with Gasteiger partial charge in [0.1, 0.15) is 0 Å². The molecule has 2 heterocycles. The third-order valence-electron chi connectivity index (χ3n) is 4.31. The first kappa shape index (κ1) is 14.3. The molecule has 1 saturated heterocycles. The Kier molecular flexibility index (Phi) is 4.39. The van der Waals surface area contributed by atoms with Crippen molar-refractivity contribution in [3.05, 3.63) is 36.7 Å². The summed E-state index contributed by atoms with van der Waals surface area (Å²) < 4.78 is 0.